The van der Waals surface area contributed by atoms with Gasteiger partial charge in [0, 0.05) is 43.6 Å². The van der Waals surface area contributed by atoms with Gasteiger partial charge in [-0.25, -0.2) is 9.97 Å². The van der Waals surface area contributed by atoms with Crippen LogP contribution in [0.4, 0.5) is 17.2 Å². The molecular formula is C22H31N5O. The Hall–Kier alpha value is -2.63. The summed E-state index contributed by atoms with van der Waals surface area (Å²) in [6, 6.07) is 8.12. The van der Waals surface area contributed by atoms with Crippen LogP contribution in [0, 0.1) is 6.92 Å². The van der Waals surface area contributed by atoms with Crippen LogP contribution in [0.25, 0.3) is 0 Å². The highest BCUT2D eigenvalue weighted by Crippen LogP contribution is 2.25. The third-order valence-corrected chi connectivity index (χ3v) is 5.38. The molecular weight excluding hydrogens is 350 g/mol. The molecule has 0 saturated carbocycles. The quantitative estimate of drug-likeness (QED) is 0.804. The fourth-order valence-electron chi connectivity index (χ4n) is 3.69. The Labute approximate surface area is 168 Å². The molecule has 2 heterocycles. The molecule has 150 valence electrons. The molecule has 1 aliphatic heterocycles. The van der Waals surface area contributed by atoms with Crippen LogP contribution in [0.1, 0.15) is 55.6 Å². The molecule has 1 aliphatic rings. The number of hydrogen-bond acceptors (Lipinski definition) is 5. The zero-order chi connectivity index (χ0) is 19.9. The first-order chi connectivity index (χ1) is 13.6. The predicted octanol–water partition coefficient (Wildman–Crippen LogP) is 4.39. The molecule has 0 radical (unpaired) electrons. The number of amides is 1. The van der Waals surface area contributed by atoms with Crippen LogP contribution in [-0.4, -0.2) is 47.0 Å². The molecule has 1 aromatic carbocycles. The minimum absolute atomic E-state index is 0.000883. The molecule has 1 saturated heterocycles. The van der Waals surface area contributed by atoms with E-state index in [4.69, 9.17) is 0 Å². The van der Waals surface area contributed by atoms with Gasteiger partial charge in [-0.3, -0.25) is 4.79 Å². The van der Waals surface area contributed by atoms with Crippen LogP contribution < -0.4 is 10.2 Å². The van der Waals surface area contributed by atoms with Gasteiger partial charge < -0.3 is 15.1 Å². The average molecular weight is 382 g/mol. The second-order valence-corrected chi connectivity index (χ2v) is 7.29. The van der Waals surface area contributed by atoms with Gasteiger partial charge >= 0.3 is 0 Å². The number of nitrogens with one attached hydrogen (secondary N) is 1. The summed E-state index contributed by atoms with van der Waals surface area (Å²) >= 11 is 0. The number of rotatable bonds is 6. The third kappa shape index (κ3) is 4.80. The van der Waals surface area contributed by atoms with E-state index >= 15 is 0 Å². The Kier molecular flexibility index (Phi) is 6.85. The summed E-state index contributed by atoms with van der Waals surface area (Å²) in [5, 5.41) is 3.34. The lowest BCUT2D eigenvalue weighted by Gasteiger charge is -2.22. The van der Waals surface area contributed by atoms with Crippen molar-refractivity contribution in [1.82, 2.24) is 14.9 Å². The molecule has 0 bridgehead atoms. The molecule has 0 unspecified atom stereocenters. The van der Waals surface area contributed by atoms with E-state index in [-0.39, 0.29) is 5.91 Å². The lowest BCUT2D eigenvalue weighted by atomic mass is 10.1. The zero-order valence-electron chi connectivity index (χ0n) is 17.2. The van der Waals surface area contributed by atoms with E-state index in [9.17, 15) is 4.79 Å². The number of carbonyl (C=O) groups excluding carboxylic acids is 1. The minimum Gasteiger partial charge on any atom is -0.372 e. The van der Waals surface area contributed by atoms with E-state index < -0.39 is 0 Å². The van der Waals surface area contributed by atoms with Gasteiger partial charge in [-0.15, -0.1) is 0 Å². The van der Waals surface area contributed by atoms with Crippen molar-refractivity contribution in [3.8, 4) is 0 Å². The van der Waals surface area contributed by atoms with Crippen molar-refractivity contribution in [2.24, 2.45) is 0 Å². The summed E-state index contributed by atoms with van der Waals surface area (Å²) in [6.45, 7) is 10.0. The molecule has 1 amide bonds. The first-order valence-corrected chi connectivity index (χ1v) is 10.4. The maximum atomic E-state index is 12.8. The molecule has 0 aliphatic carbocycles. The molecule has 0 spiro atoms. The third-order valence-electron chi connectivity index (χ3n) is 5.38. The Balaban J connectivity index is 1.74. The maximum Gasteiger partial charge on any atom is 0.272 e. The van der Waals surface area contributed by atoms with Gasteiger partial charge in [0.15, 0.2) is 0 Å². The predicted molar refractivity (Wildman–Crippen MR) is 114 cm³/mol. The molecule has 6 heteroatoms. The average Bonchev–Trinajstić information content (AvgIpc) is 3.00. The van der Waals surface area contributed by atoms with E-state index in [1.807, 2.05) is 4.90 Å². The Morgan fingerprint density at radius 2 is 1.79 bits per heavy atom. The first kappa shape index (κ1) is 20.1. The van der Waals surface area contributed by atoms with Gasteiger partial charge in [0.2, 0.25) is 0 Å². The van der Waals surface area contributed by atoms with Crippen LogP contribution in [0.3, 0.4) is 0 Å². The number of aryl methyl sites for hydroxylation is 1. The van der Waals surface area contributed by atoms with Crippen molar-refractivity contribution in [1.29, 1.82) is 0 Å². The number of nitrogens with zero attached hydrogens (tertiary/aromatic N) is 4. The highest BCUT2D eigenvalue weighted by molar-refractivity contribution is 5.93. The number of anilines is 3. The van der Waals surface area contributed by atoms with Crippen LogP contribution >= 0.6 is 0 Å². The van der Waals surface area contributed by atoms with Crippen molar-refractivity contribution >= 4 is 23.1 Å². The summed E-state index contributed by atoms with van der Waals surface area (Å²) in [4.78, 5) is 25.6. The fourth-order valence-corrected chi connectivity index (χ4v) is 3.69. The van der Waals surface area contributed by atoms with E-state index in [0.717, 1.165) is 50.3 Å². The van der Waals surface area contributed by atoms with Gasteiger partial charge in [0.05, 0.1) is 0 Å². The Morgan fingerprint density at radius 3 is 2.43 bits per heavy atom. The number of aromatic nitrogens is 2. The highest BCUT2D eigenvalue weighted by atomic mass is 16.2. The topological polar surface area (TPSA) is 61.4 Å². The van der Waals surface area contributed by atoms with Crippen LogP contribution in [-0.2, 0) is 0 Å². The first-order valence-electron chi connectivity index (χ1n) is 10.4. The summed E-state index contributed by atoms with van der Waals surface area (Å²) in [6.07, 6.45) is 6.00. The lowest BCUT2D eigenvalue weighted by Crippen LogP contribution is -2.32. The summed E-state index contributed by atoms with van der Waals surface area (Å²) in [7, 11) is 0. The molecule has 3 rings (SSSR count). The molecule has 28 heavy (non-hydrogen) atoms. The monoisotopic (exact) mass is 381 g/mol. The van der Waals surface area contributed by atoms with Gasteiger partial charge in [0.25, 0.3) is 5.91 Å². The smallest absolute Gasteiger partial charge is 0.272 e. The zero-order valence-corrected chi connectivity index (χ0v) is 17.2. The second kappa shape index (κ2) is 9.53. The van der Waals surface area contributed by atoms with E-state index in [1.54, 1.807) is 6.07 Å². The minimum atomic E-state index is 0.000883. The molecule has 1 N–H and O–H groups in total. The van der Waals surface area contributed by atoms with Gasteiger partial charge in [0.1, 0.15) is 17.8 Å². The lowest BCUT2D eigenvalue weighted by molar-refractivity contribution is 0.0755. The molecule has 1 fully saturated rings. The molecule has 2 aromatic rings. The van der Waals surface area contributed by atoms with Crippen LogP contribution in [0.2, 0.25) is 0 Å². The van der Waals surface area contributed by atoms with Crippen molar-refractivity contribution < 1.29 is 4.79 Å². The van der Waals surface area contributed by atoms with E-state index in [1.165, 1.54) is 24.9 Å². The summed E-state index contributed by atoms with van der Waals surface area (Å²) < 4.78 is 0. The molecule has 1 aromatic heterocycles. The number of carbonyl (C=O) groups is 1. The van der Waals surface area contributed by atoms with Crippen molar-refractivity contribution in [2.75, 3.05) is 36.4 Å². The number of likely N-dealkylation sites (tertiary alicyclic amines) is 1. The van der Waals surface area contributed by atoms with Crippen LogP contribution in [0.15, 0.2) is 30.6 Å². The van der Waals surface area contributed by atoms with E-state index in [0.29, 0.717) is 11.5 Å². The largest absolute Gasteiger partial charge is 0.372 e. The summed E-state index contributed by atoms with van der Waals surface area (Å²) in [5.41, 5.74) is 3.80. The normalized spacial score (nSPS) is 14.5. The standard InChI is InChI=1S/C22H31N5O/c1-4-26(5-2)18-10-11-19(17(3)14-18)25-21-15-20(23-16-24-21)22(28)27-12-8-6-7-9-13-27/h10-11,14-16H,4-9,12-13H2,1-3H3,(H,23,24,25). The second-order valence-electron chi connectivity index (χ2n) is 7.29. The van der Waals surface area contributed by atoms with Gasteiger partial charge in [-0.1, -0.05) is 12.8 Å². The molecule has 6 nitrogen and oxygen atoms in total. The SMILES string of the molecule is CCN(CC)c1ccc(Nc2cc(C(=O)N3CCCCCC3)ncn2)c(C)c1. The van der Waals surface area contributed by atoms with Crippen molar-refractivity contribution in [3.63, 3.8) is 0 Å². The fraction of sp³-hybridized carbons (Fsp3) is 0.500. The Morgan fingerprint density at radius 1 is 1.07 bits per heavy atom. The van der Waals surface area contributed by atoms with Gasteiger partial charge in [-0.05, 0) is 57.4 Å². The number of benzene rings is 1. The highest BCUT2D eigenvalue weighted by Gasteiger charge is 2.19. The van der Waals surface area contributed by atoms with Crippen molar-refractivity contribution in [2.45, 2.75) is 46.5 Å². The maximum absolute atomic E-state index is 12.8. The van der Waals surface area contributed by atoms with E-state index in [2.05, 4.69) is 59.2 Å². The Bertz CT molecular complexity index is 795. The van der Waals surface area contributed by atoms with Crippen LogP contribution in [0.5, 0.6) is 0 Å². The molecule has 0 atom stereocenters. The number of hydrogen-bond donors (Lipinski definition) is 1. The van der Waals surface area contributed by atoms with Crippen molar-refractivity contribution in [3.05, 3.63) is 41.9 Å². The van der Waals surface area contributed by atoms with Gasteiger partial charge in [-0.2, -0.15) is 0 Å². The summed E-state index contributed by atoms with van der Waals surface area (Å²) in [5.74, 6) is 0.646.